The van der Waals surface area contributed by atoms with E-state index >= 15 is 0 Å². The van der Waals surface area contributed by atoms with E-state index in [0.717, 1.165) is 12.0 Å². The van der Waals surface area contributed by atoms with Gasteiger partial charge in [-0.2, -0.15) is 0 Å². The number of nitrogens with two attached hydrogens (primary N) is 1. The van der Waals surface area contributed by atoms with Crippen LogP contribution < -0.4 is 5.73 Å². The van der Waals surface area contributed by atoms with Crippen LogP contribution in [0.2, 0.25) is 0 Å². The average molecular weight is 204 g/mol. The Bertz CT molecular complexity index is 434. The zero-order valence-corrected chi connectivity index (χ0v) is 8.84. The highest BCUT2D eigenvalue weighted by Crippen LogP contribution is 2.20. The molecule has 0 aromatic carbocycles. The first kappa shape index (κ1) is 9.21. The predicted molar refractivity (Wildman–Crippen MR) is 60.5 cm³/mol. The van der Waals surface area contributed by atoms with E-state index in [2.05, 4.69) is 23.4 Å². The van der Waals surface area contributed by atoms with Crippen LogP contribution in [0.1, 0.15) is 16.0 Å². The number of hydrogen-bond donors (Lipinski definition) is 1. The Hall–Kier alpha value is -1.35. The minimum Gasteiger partial charge on any atom is -0.383 e. The molecule has 0 fully saturated rings. The second kappa shape index (κ2) is 3.80. The van der Waals surface area contributed by atoms with Crippen LogP contribution in [-0.4, -0.2) is 4.98 Å². The van der Waals surface area contributed by atoms with E-state index in [0.29, 0.717) is 5.82 Å². The summed E-state index contributed by atoms with van der Waals surface area (Å²) < 4.78 is 0. The molecule has 3 heteroatoms. The minimum atomic E-state index is 0.637. The molecular weight excluding hydrogens is 192 g/mol. The van der Waals surface area contributed by atoms with Crippen molar-refractivity contribution in [3.8, 4) is 0 Å². The van der Waals surface area contributed by atoms with Crippen LogP contribution in [0, 0.1) is 6.92 Å². The molecule has 0 bridgehead atoms. The molecule has 14 heavy (non-hydrogen) atoms. The first-order valence-electron chi connectivity index (χ1n) is 4.49. The Kier molecular flexibility index (Phi) is 2.50. The van der Waals surface area contributed by atoms with Crippen molar-refractivity contribution < 1.29 is 0 Å². The van der Waals surface area contributed by atoms with Crippen LogP contribution in [0.4, 0.5) is 5.82 Å². The van der Waals surface area contributed by atoms with Crippen molar-refractivity contribution in [1.29, 1.82) is 0 Å². The second-order valence-corrected chi connectivity index (χ2v) is 4.35. The van der Waals surface area contributed by atoms with E-state index in [4.69, 9.17) is 5.73 Å². The van der Waals surface area contributed by atoms with Crippen LogP contribution in [0.15, 0.2) is 29.8 Å². The maximum absolute atomic E-state index is 5.78. The van der Waals surface area contributed by atoms with Gasteiger partial charge in [-0.1, -0.05) is 6.07 Å². The van der Waals surface area contributed by atoms with Gasteiger partial charge in [-0.3, -0.25) is 0 Å². The molecule has 0 aliphatic heterocycles. The number of aromatic nitrogens is 1. The highest BCUT2D eigenvalue weighted by molar-refractivity contribution is 7.10. The number of nitrogen functional groups attached to an aromatic ring is 1. The van der Waals surface area contributed by atoms with Crippen molar-refractivity contribution in [2.75, 3.05) is 5.73 Å². The summed E-state index contributed by atoms with van der Waals surface area (Å²) in [6, 6.07) is 6.10. The zero-order valence-electron chi connectivity index (χ0n) is 8.03. The van der Waals surface area contributed by atoms with Crippen molar-refractivity contribution in [1.82, 2.24) is 4.98 Å². The maximum atomic E-state index is 5.78. The maximum Gasteiger partial charge on any atom is 0.126 e. The van der Waals surface area contributed by atoms with Gasteiger partial charge in [-0.15, -0.1) is 11.3 Å². The number of aryl methyl sites for hydroxylation is 1. The summed E-state index contributed by atoms with van der Waals surface area (Å²) in [6.45, 7) is 2.13. The van der Waals surface area contributed by atoms with Gasteiger partial charge in [0.05, 0.1) is 0 Å². The molecule has 0 spiro atoms. The van der Waals surface area contributed by atoms with E-state index < -0.39 is 0 Å². The molecule has 2 N–H and O–H groups in total. The van der Waals surface area contributed by atoms with Crippen LogP contribution in [0.25, 0.3) is 0 Å². The number of hydrogen-bond acceptors (Lipinski definition) is 3. The fourth-order valence-corrected chi connectivity index (χ4v) is 2.13. The largest absolute Gasteiger partial charge is 0.383 e. The Labute approximate surface area is 87.4 Å². The first-order chi connectivity index (χ1) is 6.77. The van der Waals surface area contributed by atoms with E-state index in [1.54, 1.807) is 17.5 Å². The van der Waals surface area contributed by atoms with Gasteiger partial charge in [-0.25, -0.2) is 4.98 Å². The summed E-state index contributed by atoms with van der Waals surface area (Å²) in [5.74, 6) is 0.637. The third-order valence-electron chi connectivity index (χ3n) is 2.27. The molecule has 0 saturated heterocycles. The number of anilines is 1. The topological polar surface area (TPSA) is 38.9 Å². The van der Waals surface area contributed by atoms with E-state index in [9.17, 15) is 0 Å². The quantitative estimate of drug-likeness (QED) is 0.816. The molecule has 72 valence electrons. The highest BCUT2D eigenvalue weighted by Gasteiger charge is 2.03. The van der Waals surface area contributed by atoms with Crippen molar-refractivity contribution in [2.24, 2.45) is 0 Å². The Balaban J connectivity index is 2.28. The van der Waals surface area contributed by atoms with E-state index in [1.165, 1.54) is 10.4 Å². The van der Waals surface area contributed by atoms with Gasteiger partial charge < -0.3 is 5.73 Å². The van der Waals surface area contributed by atoms with E-state index in [1.807, 2.05) is 12.1 Å². The molecule has 0 radical (unpaired) electrons. The lowest BCUT2D eigenvalue weighted by Gasteiger charge is -2.03. The lowest BCUT2D eigenvalue weighted by atomic mass is 10.1. The third-order valence-corrected chi connectivity index (χ3v) is 3.16. The SMILES string of the molecule is Cc1sccc1Cc1cccnc1N. The van der Waals surface area contributed by atoms with Gasteiger partial charge in [-0.05, 0) is 35.6 Å². The van der Waals surface area contributed by atoms with Crippen molar-refractivity contribution in [2.45, 2.75) is 13.3 Å². The van der Waals surface area contributed by atoms with Gasteiger partial charge in [0.1, 0.15) is 5.82 Å². The van der Waals surface area contributed by atoms with Crippen LogP contribution >= 0.6 is 11.3 Å². The second-order valence-electron chi connectivity index (χ2n) is 3.23. The summed E-state index contributed by atoms with van der Waals surface area (Å²) >= 11 is 1.77. The molecule has 0 amide bonds. The average Bonchev–Trinajstić information content (AvgIpc) is 2.56. The standard InChI is InChI=1S/C11H12N2S/c1-8-9(4-6-14-8)7-10-3-2-5-13-11(10)12/h2-6H,7H2,1H3,(H2,12,13). The summed E-state index contributed by atoms with van der Waals surface area (Å²) in [5.41, 5.74) is 8.23. The summed E-state index contributed by atoms with van der Waals surface area (Å²) in [5, 5.41) is 2.11. The molecule has 2 heterocycles. The molecular formula is C11H12N2S. The summed E-state index contributed by atoms with van der Waals surface area (Å²) in [4.78, 5) is 5.43. The predicted octanol–water partition coefficient (Wildman–Crippen LogP) is 2.62. The number of nitrogens with zero attached hydrogens (tertiary/aromatic N) is 1. The Morgan fingerprint density at radius 3 is 2.86 bits per heavy atom. The van der Waals surface area contributed by atoms with E-state index in [-0.39, 0.29) is 0 Å². The van der Waals surface area contributed by atoms with Crippen LogP contribution in [0.3, 0.4) is 0 Å². The molecule has 2 nitrogen and oxygen atoms in total. The monoisotopic (exact) mass is 204 g/mol. The first-order valence-corrected chi connectivity index (χ1v) is 5.37. The van der Waals surface area contributed by atoms with Crippen molar-refractivity contribution in [3.05, 3.63) is 45.8 Å². The smallest absolute Gasteiger partial charge is 0.126 e. The molecule has 0 saturated carbocycles. The Morgan fingerprint density at radius 2 is 2.21 bits per heavy atom. The molecule has 2 aromatic rings. The molecule has 0 aliphatic carbocycles. The van der Waals surface area contributed by atoms with Gasteiger partial charge >= 0.3 is 0 Å². The van der Waals surface area contributed by atoms with Gasteiger partial charge in [0.25, 0.3) is 0 Å². The summed E-state index contributed by atoms with van der Waals surface area (Å²) in [7, 11) is 0. The van der Waals surface area contributed by atoms with Crippen LogP contribution in [0.5, 0.6) is 0 Å². The normalized spacial score (nSPS) is 10.4. The van der Waals surface area contributed by atoms with Crippen molar-refractivity contribution in [3.63, 3.8) is 0 Å². The van der Waals surface area contributed by atoms with Gasteiger partial charge in [0.2, 0.25) is 0 Å². The fourth-order valence-electron chi connectivity index (χ4n) is 1.40. The highest BCUT2D eigenvalue weighted by atomic mass is 32.1. The number of rotatable bonds is 2. The zero-order chi connectivity index (χ0) is 9.97. The number of pyridine rings is 1. The minimum absolute atomic E-state index is 0.637. The number of thiophene rings is 1. The van der Waals surface area contributed by atoms with Crippen LogP contribution in [-0.2, 0) is 6.42 Å². The molecule has 2 rings (SSSR count). The summed E-state index contributed by atoms with van der Waals surface area (Å²) in [6.07, 6.45) is 2.61. The molecule has 2 aromatic heterocycles. The van der Waals surface area contributed by atoms with Crippen molar-refractivity contribution >= 4 is 17.2 Å². The molecule has 0 unspecified atom stereocenters. The molecule has 0 aliphatic rings. The lowest BCUT2D eigenvalue weighted by molar-refractivity contribution is 1.15. The fraction of sp³-hybridized carbons (Fsp3) is 0.182. The lowest BCUT2D eigenvalue weighted by Crippen LogP contribution is -1.97. The van der Waals surface area contributed by atoms with Gasteiger partial charge in [0, 0.05) is 17.5 Å². The van der Waals surface area contributed by atoms with Gasteiger partial charge in [0.15, 0.2) is 0 Å². The Morgan fingerprint density at radius 1 is 1.36 bits per heavy atom. The molecule has 0 atom stereocenters. The third kappa shape index (κ3) is 1.77.